The zero-order valence-corrected chi connectivity index (χ0v) is 18.1. The van der Waals surface area contributed by atoms with Crippen molar-refractivity contribution in [3.05, 3.63) is 71.4 Å². The van der Waals surface area contributed by atoms with Crippen LogP contribution in [-0.2, 0) is 19.6 Å². The highest BCUT2D eigenvalue weighted by Crippen LogP contribution is 2.30. The summed E-state index contributed by atoms with van der Waals surface area (Å²) in [6.45, 7) is 5.51. The number of sulfonamides is 1. The third-order valence-corrected chi connectivity index (χ3v) is 5.76. The Hall–Kier alpha value is -3.26. The molecule has 0 unspecified atom stereocenters. The number of aryl methyl sites for hydroxylation is 1. The standard InChI is InChI=1S/C22H23N3O4S/c1-5-29-20(26)14-16(3)23-21-18-8-6-7-9-19(18)25(4)22(21)24-30(27,28)17-12-10-15(2)11-13-17/h6-14H,5H2,1-4H3/b16-14-,23-21+,24-22-. The third-order valence-electron chi connectivity index (χ3n) is 4.48. The van der Waals surface area contributed by atoms with E-state index < -0.39 is 16.0 Å². The molecule has 0 saturated heterocycles. The van der Waals surface area contributed by atoms with Gasteiger partial charge in [-0.15, -0.1) is 4.40 Å². The maximum absolute atomic E-state index is 12.9. The van der Waals surface area contributed by atoms with E-state index in [0.717, 1.165) is 16.8 Å². The van der Waals surface area contributed by atoms with Crippen molar-refractivity contribution in [2.24, 2.45) is 9.39 Å². The normalized spacial score (nSPS) is 16.8. The summed E-state index contributed by atoms with van der Waals surface area (Å²) in [5, 5.41) is 0. The van der Waals surface area contributed by atoms with Gasteiger partial charge in [0.15, 0.2) is 5.84 Å². The van der Waals surface area contributed by atoms with Crippen LogP contribution in [0.15, 0.2) is 74.6 Å². The molecule has 8 heteroatoms. The van der Waals surface area contributed by atoms with Gasteiger partial charge in [-0.25, -0.2) is 9.79 Å². The number of nitrogens with zero attached hydrogens (tertiary/aromatic N) is 3. The highest BCUT2D eigenvalue weighted by molar-refractivity contribution is 7.90. The Morgan fingerprint density at radius 1 is 1.13 bits per heavy atom. The van der Waals surface area contributed by atoms with E-state index in [1.165, 1.54) is 18.2 Å². The molecule has 0 spiro atoms. The van der Waals surface area contributed by atoms with Crippen molar-refractivity contribution in [2.45, 2.75) is 25.7 Å². The first-order valence-electron chi connectivity index (χ1n) is 9.42. The summed E-state index contributed by atoms with van der Waals surface area (Å²) in [4.78, 5) is 18.0. The van der Waals surface area contributed by atoms with E-state index in [4.69, 9.17) is 4.74 Å². The summed E-state index contributed by atoms with van der Waals surface area (Å²) in [5.41, 5.74) is 3.22. The number of aliphatic imine (C=N–C) groups is 1. The number of carbonyl (C=O) groups excluding carboxylic acids is 1. The largest absolute Gasteiger partial charge is 0.463 e. The second-order valence-electron chi connectivity index (χ2n) is 6.78. The highest BCUT2D eigenvalue weighted by atomic mass is 32.2. The second kappa shape index (κ2) is 8.62. The van der Waals surface area contributed by atoms with E-state index in [1.54, 1.807) is 37.9 Å². The van der Waals surface area contributed by atoms with Crippen LogP contribution in [0.5, 0.6) is 0 Å². The lowest BCUT2D eigenvalue weighted by atomic mass is 10.1. The van der Waals surface area contributed by atoms with Gasteiger partial charge in [0.2, 0.25) is 0 Å². The molecule has 0 bridgehead atoms. The average Bonchev–Trinajstić information content (AvgIpc) is 2.94. The number of fused-ring (bicyclic) bond motifs is 1. The molecule has 0 saturated carbocycles. The monoisotopic (exact) mass is 425 g/mol. The van der Waals surface area contributed by atoms with Gasteiger partial charge in [0.1, 0.15) is 5.71 Å². The number of rotatable bonds is 5. The van der Waals surface area contributed by atoms with Gasteiger partial charge >= 0.3 is 5.97 Å². The number of carbonyl (C=O) groups is 1. The second-order valence-corrected chi connectivity index (χ2v) is 8.38. The van der Waals surface area contributed by atoms with Crippen LogP contribution in [0.4, 0.5) is 5.69 Å². The zero-order chi connectivity index (χ0) is 21.9. The van der Waals surface area contributed by atoms with Gasteiger partial charge in [-0.05, 0) is 39.0 Å². The summed E-state index contributed by atoms with van der Waals surface area (Å²) in [7, 11) is -2.23. The van der Waals surface area contributed by atoms with Crippen molar-refractivity contribution in [2.75, 3.05) is 18.6 Å². The van der Waals surface area contributed by atoms with E-state index in [0.29, 0.717) is 11.4 Å². The number of para-hydroxylation sites is 1. The fraction of sp³-hybridized carbons (Fsp3) is 0.227. The Bertz CT molecular complexity index is 1160. The van der Waals surface area contributed by atoms with Gasteiger partial charge in [0, 0.05) is 24.4 Å². The van der Waals surface area contributed by atoms with E-state index in [9.17, 15) is 13.2 Å². The molecule has 1 aliphatic heterocycles. The van der Waals surface area contributed by atoms with Crippen molar-refractivity contribution in [3.8, 4) is 0 Å². The Morgan fingerprint density at radius 3 is 2.47 bits per heavy atom. The SMILES string of the molecule is CCOC(=O)\C=C(C)/N=C1/C(=N/S(=O)(=O)c2ccc(C)cc2)N(C)c2ccccc21. The fourth-order valence-corrected chi connectivity index (χ4v) is 4.04. The van der Waals surface area contributed by atoms with Gasteiger partial charge in [0.25, 0.3) is 10.0 Å². The molecule has 1 aliphatic rings. The van der Waals surface area contributed by atoms with Crippen molar-refractivity contribution < 1.29 is 17.9 Å². The molecule has 7 nitrogen and oxygen atoms in total. The molecule has 0 atom stereocenters. The van der Waals surface area contributed by atoms with Crippen molar-refractivity contribution in [1.29, 1.82) is 0 Å². The molecule has 2 aromatic carbocycles. The Labute approximate surface area is 176 Å². The Morgan fingerprint density at radius 2 is 1.80 bits per heavy atom. The third kappa shape index (κ3) is 4.49. The van der Waals surface area contributed by atoms with Crippen LogP contribution < -0.4 is 4.90 Å². The lowest BCUT2D eigenvalue weighted by Crippen LogP contribution is -2.27. The predicted octanol–water partition coefficient (Wildman–Crippen LogP) is 3.49. The lowest BCUT2D eigenvalue weighted by Gasteiger charge is -2.13. The molecule has 0 amide bonds. The topological polar surface area (TPSA) is 88.4 Å². The number of likely N-dealkylation sites (N-methyl/N-ethyl adjacent to an activating group) is 1. The summed E-state index contributed by atoms with van der Waals surface area (Å²) >= 11 is 0. The number of anilines is 1. The first-order chi connectivity index (χ1) is 14.2. The zero-order valence-electron chi connectivity index (χ0n) is 17.3. The minimum absolute atomic E-state index is 0.100. The van der Waals surface area contributed by atoms with E-state index in [2.05, 4.69) is 9.39 Å². The van der Waals surface area contributed by atoms with Crippen LogP contribution >= 0.6 is 0 Å². The number of benzene rings is 2. The van der Waals surface area contributed by atoms with Crippen LogP contribution in [0, 0.1) is 6.92 Å². The molecule has 1 heterocycles. The van der Waals surface area contributed by atoms with Crippen molar-refractivity contribution in [1.82, 2.24) is 0 Å². The number of esters is 1. The quantitative estimate of drug-likeness (QED) is 0.540. The van der Waals surface area contributed by atoms with Gasteiger partial charge in [-0.1, -0.05) is 35.9 Å². The molecule has 0 radical (unpaired) electrons. The maximum atomic E-state index is 12.9. The smallest absolute Gasteiger partial charge is 0.332 e. The van der Waals surface area contributed by atoms with Crippen LogP contribution in [0.25, 0.3) is 0 Å². The molecular formula is C22H23N3O4S. The van der Waals surface area contributed by atoms with Gasteiger partial charge in [-0.2, -0.15) is 8.42 Å². The summed E-state index contributed by atoms with van der Waals surface area (Å²) in [6, 6.07) is 13.9. The van der Waals surface area contributed by atoms with E-state index in [1.807, 2.05) is 31.2 Å². The fourth-order valence-electron chi connectivity index (χ4n) is 3.01. The maximum Gasteiger partial charge on any atom is 0.332 e. The molecule has 156 valence electrons. The average molecular weight is 426 g/mol. The Balaban J connectivity index is 2.12. The summed E-state index contributed by atoms with van der Waals surface area (Å²) < 4.78 is 34.9. The number of ether oxygens (including phenoxy) is 1. The van der Waals surface area contributed by atoms with E-state index in [-0.39, 0.29) is 17.3 Å². The van der Waals surface area contributed by atoms with Crippen LogP contribution in [0.1, 0.15) is 25.0 Å². The lowest BCUT2D eigenvalue weighted by molar-refractivity contribution is -0.137. The molecule has 2 aromatic rings. The highest BCUT2D eigenvalue weighted by Gasteiger charge is 2.31. The van der Waals surface area contributed by atoms with Gasteiger partial charge in [-0.3, -0.25) is 0 Å². The minimum Gasteiger partial charge on any atom is -0.463 e. The Kier molecular flexibility index (Phi) is 6.17. The van der Waals surface area contributed by atoms with Gasteiger partial charge in [0.05, 0.1) is 17.2 Å². The van der Waals surface area contributed by atoms with Crippen LogP contribution in [-0.4, -0.2) is 39.6 Å². The molecule has 0 N–H and O–H groups in total. The van der Waals surface area contributed by atoms with Crippen molar-refractivity contribution >= 4 is 33.2 Å². The van der Waals surface area contributed by atoms with Crippen LogP contribution in [0.3, 0.4) is 0 Å². The summed E-state index contributed by atoms with van der Waals surface area (Å²) in [6.07, 6.45) is 1.27. The number of amidine groups is 1. The molecule has 3 rings (SSSR count). The first-order valence-corrected chi connectivity index (χ1v) is 10.9. The first kappa shape index (κ1) is 21.4. The van der Waals surface area contributed by atoms with Gasteiger partial charge < -0.3 is 9.64 Å². The minimum atomic E-state index is -3.96. The molecule has 0 aromatic heterocycles. The van der Waals surface area contributed by atoms with Crippen LogP contribution in [0.2, 0.25) is 0 Å². The molecule has 0 aliphatic carbocycles. The number of allylic oxidation sites excluding steroid dienone is 1. The number of hydrogen-bond donors (Lipinski definition) is 0. The van der Waals surface area contributed by atoms with E-state index >= 15 is 0 Å². The molecule has 30 heavy (non-hydrogen) atoms. The van der Waals surface area contributed by atoms with Crippen molar-refractivity contribution in [3.63, 3.8) is 0 Å². The predicted molar refractivity (Wildman–Crippen MR) is 118 cm³/mol. The summed E-state index contributed by atoms with van der Waals surface area (Å²) in [5.74, 6) is -0.321. The molecular weight excluding hydrogens is 402 g/mol. The number of hydrogen-bond acceptors (Lipinski definition) is 5. The molecule has 0 fully saturated rings.